The maximum Gasteiger partial charge on any atom is 0.182 e. The molecule has 0 unspecified atom stereocenters. The molecule has 1 saturated carbocycles. The summed E-state index contributed by atoms with van der Waals surface area (Å²) in [6, 6.07) is 13.7. The summed E-state index contributed by atoms with van der Waals surface area (Å²) in [5.41, 5.74) is 1.81. The summed E-state index contributed by atoms with van der Waals surface area (Å²) in [6.45, 7) is 0. The Morgan fingerprint density at radius 3 is 2.45 bits per heavy atom. The van der Waals surface area contributed by atoms with Crippen molar-refractivity contribution < 1.29 is 9.47 Å². The molecule has 0 aliphatic heterocycles. The fraction of sp³-hybridized carbons (Fsp3) is 0.333. The molecule has 3 rings (SSSR count). The van der Waals surface area contributed by atoms with Crippen LogP contribution in [-0.4, -0.2) is 13.2 Å². The van der Waals surface area contributed by atoms with Crippen LogP contribution in [0.5, 0.6) is 11.5 Å². The molecule has 116 valence electrons. The number of para-hydroxylation sites is 1. The van der Waals surface area contributed by atoms with E-state index in [0.29, 0.717) is 16.5 Å². The summed E-state index contributed by atoms with van der Waals surface area (Å²) in [6.07, 6.45) is 4.82. The van der Waals surface area contributed by atoms with Crippen LogP contribution in [0.15, 0.2) is 42.5 Å². The van der Waals surface area contributed by atoms with Gasteiger partial charge in [0.25, 0.3) is 0 Å². The fourth-order valence-corrected chi connectivity index (χ4v) is 3.00. The number of rotatable bonds is 5. The Morgan fingerprint density at radius 1 is 1.05 bits per heavy atom. The highest BCUT2D eigenvalue weighted by atomic mass is 35.5. The van der Waals surface area contributed by atoms with Gasteiger partial charge in [0.05, 0.1) is 18.9 Å². The van der Waals surface area contributed by atoms with Gasteiger partial charge < -0.3 is 14.8 Å². The number of anilines is 2. The molecule has 0 amide bonds. The number of hydrogen-bond acceptors (Lipinski definition) is 3. The van der Waals surface area contributed by atoms with Crippen LogP contribution in [0.4, 0.5) is 11.4 Å². The van der Waals surface area contributed by atoms with Crippen LogP contribution in [0.1, 0.15) is 25.7 Å². The van der Waals surface area contributed by atoms with Crippen LogP contribution < -0.4 is 14.8 Å². The third-order valence-corrected chi connectivity index (χ3v) is 4.30. The minimum Gasteiger partial charge on any atom is -0.493 e. The monoisotopic (exact) mass is 317 g/mol. The van der Waals surface area contributed by atoms with Crippen molar-refractivity contribution in [3.8, 4) is 11.5 Å². The zero-order chi connectivity index (χ0) is 15.4. The van der Waals surface area contributed by atoms with Crippen molar-refractivity contribution in [3.63, 3.8) is 0 Å². The van der Waals surface area contributed by atoms with Gasteiger partial charge in [0, 0.05) is 5.69 Å². The van der Waals surface area contributed by atoms with E-state index in [9.17, 15) is 0 Å². The van der Waals surface area contributed by atoms with Gasteiger partial charge in [-0.3, -0.25) is 0 Å². The Hall–Kier alpha value is -1.87. The van der Waals surface area contributed by atoms with E-state index in [1.165, 1.54) is 12.8 Å². The van der Waals surface area contributed by atoms with Gasteiger partial charge in [0.15, 0.2) is 11.5 Å². The molecule has 2 aromatic rings. The van der Waals surface area contributed by atoms with Crippen LogP contribution in [0.3, 0.4) is 0 Å². The van der Waals surface area contributed by atoms with Gasteiger partial charge in [-0.25, -0.2) is 0 Å². The molecule has 0 atom stereocenters. The molecule has 3 nitrogen and oxygen atoms in total. The zero-order valence-corrected chi connectivity index (χ0v) is 13.4. The molecule has 0 radical (unpaired) electrons. The minimum absolute atomic E-state index is 0.235. The van der Waals surface area contributed by atoms with Gasteiger partial charge in [-0.2, -0.15) is 0 Å². The number of benzene rings is 2. The van der Waals surface area contributed by atoms with Gasteiger partial charge in [-0.15, -0.1) is 0 Å². The van der Waals surface area contributed by atoms with Gasteiger partial charge in [0.2, 0.25) is 0 Å². The fourth-order valence-electron chi connectivity index (χ4n) is 2.76. The summed E-state index contributed by atoms with van der Waals surface area (Å²) in [5.74, 6) is 1.31. The number of halogens is 1. The van der Waals surface area contributed by atoms with Crippen molar-refractivity contribution in [2.45, 2.75) is 31.8 Å². The lowest BCUT2D eigenvalue weighted by Crippen LogP contribution is -2.12. The lowest BCUT2D eigenvalue weighted by molar-refractivity contribution is 0.201. The lowest BCUT2D eigenvalue weighted by Gasteiger charge is -2.19. The number of methoxy groups -OCH3 is 1. The van der Waals surface area contributed by atoms with Crippen LogP contribution in [0.2, 0.25) is 5.02 Å². The molecule has 0 saturated heterocycles. The number of nitrogens with one attached hydrogen (secondary N) is 1. The first-order chi connectivity index (χ1) is 10.8. The van der Waals surface area contributed by atoms with Gasteiger partial charge in [-0.1, -0.05) is 29.8 Å². The second kappa shape index (κ2) is 6.93. The minimum atomic E-state index is 0.235. The summed E-state index contributed by atoms with van der Waals surface area (Å²) in [4.78, 5) is 0. The topological polar surface area (TPSA) is 30.5 Å². The average molecular weight is 318 g/mol. The predicted molar refractivity (Wildman–Crippen MR) is 90.6 cm³/mol. The molecular weight excluding hydrogens is 298 g/mol. The highest BCUT2D eigenvalue weighted by molar-refractivity contribution is 6.35. The predicted octanol–water partition coefficient (Wildman–Crippen LogP) is 5.41. The van der Waals surface area contributed by atoms with Crippen molar-refractivity contribution >= 4 is 23.0 Å². The van der Waals surface area contributed by atoms with Crippen LogP contribution >= 0.6 is 11.6 Å². The van der Waals surface area contributed by atoms with E-state index in [1.807, 2.05) is 42.5 Å². The standard InChI is InChI=1S/C18H20ClNO2/c1-21-16-12-11-15(20-13-7-3-2-4-8-13)17(19)18(16)22-14-9-5-6-10-14/h2-4,7-8,11-12,14,20H,5-6,9-10H2,1H3. The summed E-state index contributed by atoms with van der Waals surface area (Å²) < 4.78 is 11.5. The summed E-state index contributed by atoms with van der Waals surface area (Å²) >= 11 is 6.55. The third kappa shape index (κ3) is 3.30. The summed E-state index contributed by atoms with van der Waals surface area (Å²) in [7, 11) is 1.64. The van der Waals surface area contributed by atoms with E-state index in [2.05, 4.69) is 5.32 Å². The molecule has 2 aromatic carbocycles. The Bertz CT molecular complexity index is 624. The molecule has 0 spiro atoms. The normalized spacial score (nSPS) is 14.8. The van der Waals surface area contributed by atoms with E-state index in [-0.39, 0.29) is 6.10 Å². The SMILES string of the molecule is COc1ccc(Nc2ccccc2)c(Cl)c1OC1CCCC1. The van der Waals surface area contributed by atoms with Crippen LogP contribution in [-0.2, 0) is 0 Å². The molecule has 22 heavy (non-hydrogen) atoms. The average Bonchev–Trinajstić information content (AvgIpc) is 3.05. The first-order valence-corrected chi connectivity index (χ1v) is 8.01. The number of hydrogen-bond donors (Lipinski definition) is 1. The molecule has 1 aliphatic carbocycles. The quantitative estimate of drug-likeness (QED) is 0.799. The van der Waals surface area contributed by atoms with E-state index in [0.717, 1.165) is 24.2 Å². The van der Waals surface area contributed by atoms with Crippen LogP contribution in [0.25, 0.3) is 0 Å². The zero-order valence-electron chi connectivity index (χ0n) is 12.6. The molecule has 1 fully saturated rings. The molecule has 0 heterocycles. The molecule has 1 aliphatic rings. The van der Waals surface area contributed by atoms with Gasteiger partial charge in [0.1, 0.15) is 5.02 Å². The Kier molecular flexibility index (Phi) is 4.74. The Labute approximate surface area is 136 Å². The largest absolute Gasteiger partial charge is 0.493 e. The first kappa shape index (κ1) is 15.0. The van der Waals surface area contributed by atoms with E-state index in [1.54, 1.807) is 7.11 Å². The van der Waals surface area contributed by atoms with Gasteiger partial charge >= 0.3 is 0 Å². The first-order valence-electron chi connectivity index (χ1n) is 7.63. The molecular formula is C18H20ClNO2. The summed E-state index contributed by atoms with van der Waals surface area (Å²) in [5, 5.41) is 3.89. The van der Waals surface area contributed by atoms with E-state index < -0.39 is 0 Å². The number of ether oxygens (including phenoxy) is 2. The second-order valence-electron chi connectivity index (χ2n) is 5.47. The van der Waals surface area contributed by atoms with Crippen molar-refractivity contribution in [1.29, 1.82) is 0 Å². The highest BCUT2D eigenvalue weighted by Gasteiger charge is 2.21. The Balaban J connectivity index is 1.88. The van der Waals surface area contributed by atoms with Crippen molar-refractivity contribution in [1.82, 2.24) is 0 Å². The maximum absolute atomic E-state index is 6.55. The van der Waals surface area contributed by atoms with Gasteiger partial charge in [-0.05, 0) is 49.9 Å². The van der Waals surface area contributed by atoms with Crippen molar-refractivity contribution in [2.24, 2.45) is 0 Å². The molecule has 0 aromatic heterocycles. The van der Waals surface area contributed by atoms with Crippen molar-refractivity contribution in [2.75, 3.05) is 12.4 Å². The molecule has 0 bridgehead atoms. The second-order valence-corrected chi connectivity index (χ2v) is 5.85. The van der Waals surface area contributed by atoms with E-state index >= 15 is 0 Å². The molecule has 1 N–H and O–H groups in total. The van der Waals surface area contributed by atoms with Crippen LogP contribution in [0, 0.1) is 0 Å². The highest BCUT2D eigenvalue weighted by Crippen LogP contribution is 2.42. The maximum atomic E-state index is 6.55. The third-order valence-electron chi connectivity index (χ3n) is 3.92. The van der Waals surface area contributed by atoms with E-state index in [4.69, 9.17) is 21.1 Å². The molecule has 4 heteroatoms. The van der Waals surface area contributed by atoms with Crippen molar-refractivity contribution in [3.05, 3.63) is 47.5 Å². The lowest BCUT2D eigenvalue weighted by atomic mass is 10.2. The Morgan fingerprint density at radius 2 is 1.77 bits per heavy atom. The smallest absolute Gasteiger partial charge is 0.182 e.